The maximum absolute atomic E-state index is 5.83. The predicted octanol–water partition coefficient (Wildman–Crippen LogP) is 1.86. The number of hydrogen-bond acceptors (Lipinski definition) is 3. The SMILES string of the molecule is NCC1(Nc2ccc3[nH]ncc3c2)CCC1. The molecule has 0 atom stereocenters. The van der Waals surface area contributed by atoms with Gasteiger partial charge in [0, 0.05) is 23.2 Å². The van der Waals surface area contributed by atoms with E-state index in [4.69, 9.17) is 5.73 Å². The van der Waals surface area contributed by atoms with E-state index in [0.717, 1.165) is 16.6 Å². The topological polar surface area (TPSA) is 66.7 Å². The van der Waals surface area contributed by atoms with Crippen LogP contribution in [-0.4, -0.2) is 22.3 Å². The highest BCUT2D eigenvalue weighted by atomic mass is 15.1. The molecule has 0 aliphatic heterocycles. The average Bonchev–Trinajstić information content (AvgIpc) is 2.70. The first-order chi connectivity index (χ1) is 7.81. The van der Waals surface area contributed by atoms with Gasteiger partial charge in [-0.15, -0.1) is 0 Å². The molecule has 2 aromatic rings. The molecule has 4 N–H and O–H groups in total. The van der Waals surface area contributed by atoms with Gasteiger partial charge in [-0.3, -0.25) is 5.10 Å². The molecule has 0 saturated heterocycles. The van der Waals surface area contributed by atoms with Crippen LogP contribution in [0.5, 0.6) is 0 Å². The molecule has 1 aromatic heterocycles. The first-order valence-corrected chi connectivity index (χ1v) is 5.73. The largest absolute Gasteiger partial charge is 0.378 e. The standard InChI is InChI=1S/C12H16N4/c13-8-12(4-1-5-12)15-10-2-3-11-9(6-10)7-14-16-11/h2-3,6-7,15H,1,4-5,8,13H2,(H,14,16). The summed E-state index contributed by atoms with van der Waals surface area (Å²) in [5.41, 5.74) is 8.17. The number of anilines is 1. The summed E-state index contributed by atoms with van der Waals surface area (Å²) in [5, 5.41) is 11.7. The number of aromatic amines is 1. The Morgan fingerprint density at radius 3 is 3.00 bits per heavy atom. The van der Waals surface area contributed by atoms with Crippen LogP contribution in [-0.2, 0) is 0 Å². The summed E-state index contributed by atoms with van der Waals surface area (Å²) in [6, 6.07) is 6.25. The van der Waals surface area contributed by atoms with Gasteiger partial charge in [-0.2, -0.15) is 5.10 Å². The van der Waals surface area contributed by atoms with Crippen LogP contribution < -0.4 is 11.1 Å². The molecule has 4 nitrogen and oxygen atoms in total. The summed E-state index contributed by atoms with van der Waals surface area (Å²) in [6.45, 7) is 0.705. The molecule has 0 spiro atoms. The molecule has 16 heavy (non-hydrogen) atoms. The van der Waals surface area contributed by atoms with E-state index >= 15 is 0 Å². The van der Waals surface area contributed by atoms with Gasteiger partial charge >= 0.3 is 0 Å². The highest BCUT2D eigenvalue weighted by Crippen LogP contribution is 2.34. The van der Waals surface area contributed by atoms with Crippen molar-refractivity contribution < 1.29 is 0 Å². The Hall–Kier alpha value is -1.55. The molecule has 3 rings (SSSR count). The lowest BCUT2D eigenvalue weighted by Crippen LogP contribution is -2.51. The number of rotatable bonds is 3. The molecular weight excluding hydrogens is 200 g/mol. The summed E-state index contributed by atoms with van der Waals surface area (Å²) < 4.78 is 0. The normalized spacial score (nSPS) is 18.3. The van der Waals surface area contributed by atoms with E-state index in [2.05, 4.69) is 27.6 Å². The monoisotopic (exact) mass is 216 g/mol. The quantitative estimate of drug-likeness (QED) is 0.733. The van der Waals surface area contributed by atoms with Gasteiger partial charge in [0.05, 0.1) is 11.7 Å². The lowest BCUT2D eigenvalue weighted by Gasteiger charge is -2.42. The molecule has 1 aliphatic rings. The van der Waals surface area contributed by atoms with Gasteiger partial charge < -0.3 is 11.1 Å². The number of nitrogens with one attached hydrogen (secondary N) is 2. The number of nitrogens with zero attached hydrogens (tertiary/aromatic N) is 1. The van der Waals surface area contributed by atoms with E-state index < -0.39 is 0 Å². The molecule has 84 valence electrons. The zero-order valence-electron chi connectivity index (χ0n) is 9.16. The lowest BCUT2D eigenvalue weighted by atomic mass is 9.76. The van der Waals surface area contributed by atoms with Crippen LogP contribution in [0.4, 0.5) is 5.69 Å². The smallest absolute Gasteiger partial charge is 0.0651 e. The van der Waals surface area contributed by atoms with Crippen molar-refractivity contribution in [2.24, 2.45) is 5.73 Å². The minimum Gasteiger partial charge on any atom is -0.378 e. The fourth-order valence-electron chi connectivity index (χ4n) is 2.31. The number of hydrogen-bond donors (Lipinski definition) is 3. The first-order valence-electron chi connectivity index (χ1n) is 5.73. The van der Waals surface area contributed by atoms with Gasteiger partial charge in [-0.1, -0.05) is 0 Å². The van der Waals surface area contributed by atoms with E-state index in [1.54, 1.807) is 0 Å². The number of fused-ring (bicyclic) bond motifs is 1. The summed E-state index contributed by atoms with van der Waals surface area (Å²) >= 11 is 0. The minimum atomic E-state index is 0.136. The van der Waals surface area contributed by atoms with Gasteiger partial charge in [0.1, 0.15) is 0 Å². The Kier molecular flexibility index (Phi) is 2.11. The minimum absolute atomic E-state index is 0.136. The molecule has 0 unspecified atom stereocenters. The van der Waals surface area contributed by atoms with E-state index in [-0.39, 0.29) is 5.54 Å². The van der Waals surface area contributed by atoms with Gasteiger partial charge in [0.25, 0.3) is 0 Å². The fraction of sp³-hybridized carbons (Fsp3) is 0.417. The summed E-state index contributed by atoms with van der Waals surface area (Å²) in [7, 11) is 0. The molecule has 1 saturated carbocycles. The van der Waals surface area contributed by atoms with Crippen molar-refractivity contribution in [3.8, 4) is 0 Å². The van der Waals surface area contributed by atoms with Gasteiger partial charge in [-0.25, -0.2) is 0 Å². The van der Waals surface area contributed by atoms with Crippen molar-refractivity contribution in [1.29, 1.82) is 0 Å². The average molecular weight is 216 g/mol. The van der Waals surface area contributed by atoms with Crippen molar-refractivity contribution in [3.63, 3.8) is 0 Å². The Balaban J connectivity index is 1.88. The van der Waals surface area contributed by atoms with E-state index in [0.29, 0.717) is 6.54 Å². The summed E-state index contributed by atoms with van der Waals surface area (Å²) in [5.74, 6) is 0. The number of benzene rings is 1. The molecule has 4 heteroatoms. The predicted molar refractivity (Wildman–Crippen MR) is 65.4 cm³/mol. The van der Waals surface area contributed by atoms with Crippen molar-refractivity contribution in [2.75, 3.05) is 11.9 Å². The third kappa shape index (κ3) is 1.46. The fourth-order valence-corrected chi connectivity index (χ4v) is 2.31. The van der Waals surface area contributed by atoms with E-state index in [9.17, 15) is 0 Å². The van der Waals surface area contributed by atoms with Crippen LogP contribution in [0.3, 0.4) is 0 Å². The third-order valence-electron chi connectivity index (χ3n) is 3.55. The molecular formula is C12H16N4. The Morgan fingerprint density at radius 1 is 1.44 bits per heavy atom. The molecule has 0 bridgehead atoms. The highest BCUT2D eigenvalue weighted by molar-refractivity contribution is 5.81. The van der Waals surface area contributed by atoms with Crippen molar-refractivity contribution in [3.05, 3.63) is 24.4 Å². The van der Waals surface area contributed by atoms with Crippen LogP contribution in [0.2, 0.25) is 0 Å². The zero-order chi connectivity index (χ0) is 11.0. The van der Waals surface area contributed by atoms with Crippen molar-refractivity contribution in [2.45, 2.75) is 24.8 Å². The second-order valence-corrected chi connectivity index (χ2v) is 4.64. The second-order valence-electron chi connectivity index (χ2n) is 4.64. The molecule has 1 fully saturated rings. The van der Waals surface area contributed by atoms with Crippen molar-refractivity contribution in [1.82, 2.24) is 10.2 Å². The van der Waals surface area contributed by atoms with Gasteiger partial charge in [0.15, 0.2) is 0 Å². The lowest BCUT2D eigenvalue weighted by molar-refractivity contribution is 0.287. The van der Waals surface area contributed by atoms with E-state index in [1.807, 2.05) is 12.3 Å². The van der Waals surface area contributed by atoms with Crippen molar-refractivity contribution >= 4 is 16.6 Å². The molecule has 1 aliphatic carbocycles. The number of nitrogens with two attached hydrogens (primary N) is 1. The Morgan fingerprint density at radius 2 is 2.31 bits per heavy atom. The van der Waals surface area contributed by atoms with Gasteiger partial charge in [-0.05, 0) is 37.5 Å². The number of H-pyrrole nitrogens is 1. The van der Waals surface area contributed by atoms with Crippen LogP contribution in [0.25, 0.3) is 10.9 Å². The molecule has 0 radical (unpaired) electrons. The highest BCUT2D eigenvalue weighted by Gasteiger charge is 2.35. The van der Waals surface area contributed by atoms with Crippen LogP contribution in [0, 0.1) is 0 Å². The summed E-state index contributed by atoms with van der Waals surface area (Å²) in [4.78, 5) is 0. The molecule has 1 heterocycles. The third-order valence-corrected chi connectivity index (χ3v) is 3.55. The van der Waals surface area contributed by atoms with Crippen LogP contribution >= 0.6 is 0 Å². The maximum Gasteiger partial charge on any atom is 0.0651 e. The van der Waals surface area contributed by atoms with Gasteiger partial charge in [0.2, 0.25) is 0 Å². The maximum atomic E-state index is 5.83. The summed E-state index contributed by atoms with van der Waals surface area (Å²) in [6.07, 6.45) is 5.47. The number of aromatic nitrogens is 2. The zero-order valence-corrected chi connectivity index (χ0v) is 9.16. The Labute approximate surface area is 94.2 Å². The Bertz CT molecular complexity index is 493. The van der Waals surface area contributed by atoms with Crippen LogP contribution in [0.1, 0.15) is 19.3 Å². The van der Waals surface area contributed by atoms with Crippen LogP contribution in [0.15, 0.2) is 24.4 Å². The first kappa shape index (κ1) is 9.66. The second kappa shape index (κ2) is 3.49. The van der Waals surface area contributed by atoms with E-state index in [1.165, 1.54) is 19.3 Å². The molecule has 1 aromatic carbocycles. The molecule has 0 amide bonds.